The highest BCUT2D eigenvalue weighted by Gasteiger charge is 2.30. The highest BCUT2D eigenvalue weighted by Crippen LogP contribution is 2.31. The van der Waals surface area contributed by atoms with E-state index in [1.165, 1.54) is 26.4 Å². The molecule has 8 heteroatoms. The second kappa shape index (κ2) is 14.4. The van der Waals surface area contributed by atoms with E-state index in [1.807, 2.05) is 48.2 Å². The molecule has 1 N–H and O–H groups in total. The van der Waals surface area contributed by atoms with E-state index >= 15 is 0 Å². The normalized spacial score (nSPS) is 17.6. The van der Waals surface area contributed by atoms with Gasteiger partial charge in [-0.15, -0.1) is 0 Å². The third-order valence-electron chi connectivity index (χ3n) is 7.99. The van der Waals surface area contributed by atoms with Crippen molar-refractivity contribution in [2.45, 2.75) is 71.1 Å². The predicted octanol–water partition coefficient (Wildman–Crippen LogP) is 4.67. The summed E-state index contributed by atoms with van der Waals surface area (Å²) in [6, 6.07) is 12.7. The number of carbonyl (C=O) groups excluding carboxylic acids is 3. The summed E-state index contributed by atoms with van der Waals surface area (Å²) in [6.45, 7) is 6.14. The number of rotatable bonds is 10. The van der Waals surface area contributed by atoms with Gasteiger partial charge in [0.2, 0.25) is 0 Å². The Morgan fingerprint density at radius 2 is 1.75 bits per heavy atom. The van der Waals surface area contributed by atoms with Gasteiger partial charge in [0.05, 0.1) is 26.9 Å². The Hall–Kier alpha value is -3.23. The fourth-order valence-electron chi connectivity index (χ4n) is 5.64. The van der Waals surface area contributed by atoms with Crippen molar-refractivity contribution in [1.29, 1.82) is 0 Å². The summed E-state index contributed by atoms with van der Waals surface area (Å²) in [5.74, 6) is -0.332. The van der Waals surface area contributed by atoms with Gasteiger partial charge in [0.1, 0.15) is 12.1 Å². The number of ether oxygens (including phenoxy) is 3. The molecule has 2 atom stereocenters. The predicted molar refractivity (Wildman–Crippen MR) is 153 cm³/mol. The number of amides is 2. The Kier molecular flexibility index (Phi) is 10.7. The van der Waals surface area contributed by atoms with Gasteiger partial charge in [-0.3, -0.25) is 9.59 Å². The second-order valence-electron chi connectivity index (χ2n) is 10.9. The molecular weight excluding hydrogens is 508 g/mol. The van der Waals surface area contributed by atoms with Crippen LogP contribution in [0.3, 0.4) is 0 Å². The maximum absolute atomic E-state index is 13.5. The summed E-state index contributed by atoms with van der Waals surface area (Å²) in [7, 11) is 1.30. The van der Waals surface area contributed by atoms with Crippen LogP contribution in [0.25, 0.3) is 11.1 Å². The van der Waals surface area contributed by atoms with Gasteiger partial charge in [0.15, 0.2) is 0 Å². The smallest absolute Gasteiger partial charge is 0.328 e. The van der Waals surface area contributed by atoms with Gasteiger partial charge in [-0.05, 0) is 60.6 Å². The number of morpholine rings is 1. The summed E-state index contributed by atoms with van der Waals surface area (Å²) in [5.41, 5.74) is 4.02. The van der Waals surface area contributed by atoms with E-state index in [-0.39, 0.29) is 18.4 Å². The molecule has 1 saturated heterocycles. The van der Waals surface area contributed by atoms with E-state index < -0.39 is 18.1 Å². The summed E-state index contributed by atoms with van der Waals surface area (Å²) in [5, 5.41) is 2.74. The molecule has 8 nitrogen and oxygen atoms in total. The third-order valence-corrected chi connectivity index (χ3v) is 7.99. The van der Waals surface area contributed by atoms with Crippen LogP contribution in [0.4, 0.5) is 0 Å². The Morgan fingerprint density at radius 1 is 1.02 bits per heavy atom. The van der Waals surface area contributed by atoms with Gasteiger partial charge < -0.3 is 24.4 Å². The van der Waals surface area contributed by atoms with Gasteiger partial charge in [-0.1, -0.05) is 62.4 Å². The van der Waals surface area contributed by atoms with Crippen molar-refractivity contribution in [2.75, 3.05) is 33.4 Å². The largest absolute Gasteiger partial charge is 0.467 e. The average molecular weight is 551 g/mol. The molecule has 1 aliphatic carbocycles. The van der Waals surface area contributed by atoms with E-state index in [0.29, 0.717) is 37.8 Å². The number of hydrogen-bond donors (Lipinski definition) is 1. The van der Waals surface area contributed by atoms with Crippen LogP contribution in [0.5, 0.6) is 0 Å². The molecule has 2 aromatic carbocycles. The van der Waals surface area contributed by atoms with Crippen LogP contribution < -0.4 is 5.32 Å². The second-order valence-corrected chi connectivity index (χ2v) is 10.9. The molecule has 0 radical (unpaired) electrons. The summed E-state index contributed by atoms with van der Waals surface area (Å²) >= 11 is 0. The molecule has 1 saturated carbocycles. The van der Waals surface area contributed by atoms with Crippen molar-refractivity contribution in [3.8, 4) is 11.1 Å². The minimum Gasteiger partial charge on any atom is -0.467 e. The first-order valence-corrected chi connectivity index (χ1v) is 14.4. The molecule has 2 aliphatic rings. The minimum absolute atomic E-state index is 0.0424. The minimum atomic E-state index is -0.781. The van der Waals surface area contributed by atoms with Crippen LogP contribution in [0.1, 0.15) is 66.9 Å². The molecule has 2 aromatic rings. The maximum atomic E-state index is 13.5. The van der Waals surface area contributed by atoms with Crippen molar-refractivity contribution in [2.24, 2.45) is 5.92 Å². The van der Waals surface area contributed by atoms with Crippen molar-refractivity contribution in [3.63, 3.8) is 0 Å². The maximum Gasteiger partial charge on any atom is 0.328 e. The van der Waals surface area contributed by atoms with Crippen molar-refractivity contribution >= 4 is 17.8 Å². The quantitative estimate of drug-likeness (QED) is 0.432. The number of carbonyl (C=O) groups is 3. The highest BCUT2D eigenvalue weighted by atomic mass is 16.5. The zero-order valence-electron chi connectivity index (χ0n) is 23.9. The monoisotopic (exact) mass is 550 g/mol. The van der Waals surface area contributed by atoms with E-state index in [2.05, 4.69) is 5.32 Å². The standard InChI is InChI=1S/C32H42N2O6/c1-22-9-7-8-12-26(22)28-19-25(13-14-27(28)30(35)33-23(2)32(37)38-3)21-40-29(20-24-10-5-4-6-11-24)31(36)34-15-17-39-18-16-34/h7-9,12-14,19,23-24,29H,4-6,10-11,15-18,20-21H2,1-3H3,(H,33,35)/t23-,29-/m0/s1. The Labute approximate surface area is 237 Å². The van der Waals surface area contributed by atoms with E-state index in [1.54, 1.807) is 13.0 Å². The molecule has 0 spiro atoms. The molecule has 0 bridgehead atoms. The lowest BCUT2D eigenvalue weighted by Crippen LogP contribution is -2.47. The van der Waals surface area contributed by atoms with Crippen molar-refractivity contribution in [3.05, 3.63) is 59.2 Å². The zero-order valence-corrected chi connectivity index (χ0v) is 23.9. The van der Waals surface area contributed by atoms with Gasteiger partial charge in [0.25, 0.3) is 11.8 Å². The number of nitrogens with one attached hydrogen (secondary N) is 1. The Morgan fingerprint density at radius 3 is 2.45 bits per heavy atom. The first kappa shape index (κ1) is 29.7. The fraction of sp³-hybridized carbons (Fsp3) is 0.531. The van der Waals surface area contributed by atoms with Crippen LogP contribution in [0, 0.1) is 12.8 Å². The average Bonchev–Trinajstić information content (AvgIpc) is 2.99. The first-order chi connectivity index (χ1) is 19.4. The number of aryl methyl sites for hydroxylation is 1. The molecule has 216 valence electrons. The molecule has 1 aliphatic heterocycles. The molecule has 4 rings (SSSR count). The van der Waals surface area contributed by atoms with Crippen LogP contribution in [0.2, 0.25) is 0 Å². The van der Waals surface area contributed by atoms with Gasteiger partial charge >= 0.3 is 5.97 Å². The number of nitrogens with zero attached hydrogens (tertiary/aromatic N) is 1. The molecular formula is C32H42N2O6. The van der Waals surface area contributed by atoms with E-state index in [0.717, 1.165) is 41.5 Å². The van der Waals surface area contributed by atoms with Gasteiger partial charge in [-0.2, -0.15) is 0 Å². The lowest BCUT2D eigenvalue weighted by Gasteiger charge is -2.32. The Bertz CT molecular complexity index is 1170. The van der Waals surface area contributed by atoms with Crippen LogP contribution in [-0.2, 0) is 30.4 Å². The first-order valence-electron chi connectivity index (χ1n) is 14.4. The number of hydrogen-bond acceptors (Lipinski definition) is 6. The zero-order chi connectivity index (χ0) is 28.5. The van der Waals surface area contributed by atoms with Crippen LogP contribution in [-0.4, -0.2) is 68.2 Å². The summed E-state index contributed by atoms with van der Waals surface area (Å²) in [6.07, 6.45) is 6.18. The van der Waals surface area contributed by atoms with E-state index in [9.17, 15) is 14.4 Å². The Balaban J connectivity index is 1.57. The number of benzene rings is 2. The summed E-state index contributed by atoms with van der Waals surface area (Å²) in [4.78, 5) is 40.5. The fourth-order valence-corrected chi connectivity index (χ4v) is 5.64. The molecule has 2 amide bonds. The molecule has 40 heavy (non-hydrogen) atoms. The number of esters is 1. The molecule has 0 aromatic heterocycles. The number of methoxy groups -OCH3 is 1. The lowest BCUT2D eigenvalue weighted by molar-refractivity contribution is -0.150. The van der Waals surface area contributed by atoms with Crippen molar-refractivity contribution < 1.29 is 28.6 Å². The van der Waals surface area contributed by atoms with Gasteiger partial charge in [0, 0.05) is 18.7 Å². The third kappa shape index (κ3) is 7.70. The molecule has 0 unspecified atom stereocenters. The summed E-state index contributed by atoms with van der Waals surface area (Å²) < 4.78 is 16.6. The van der Waals surface area contributed by atoms with Gasteiger partial charge in [-0.25, -0.2) is 4.79 Å². The van der Waals surface area contributed by atoms with E-state index in [4.69, 9.17) is 14.2 Å². The highest BCUT2D eigenvalue weighted by molar-refractivity contribution is 6.02. The lowest BCUT2D eigenvalue weighted by atomic mass is 9.85. The topological polar surface area (TPSA) is 94.2 Å². The molecule has 2 fully saturated rings. The molecule has 1 heterocycles. The van der Waals surface area contributed by atoms with Crippen LogP contribution >= 0.6 is 0 Å². The van der Waals surface area contributed by atoms with Crippen molar-refractivity contribution in [1.82, 2.24) is 10.2 Å². The SMILES string of the molecule is COC(=O)[C@H](C)NC(=O)c1ccc(CO[C@@H](CC2CCCCC2)C(=O)N2CCOCC2)cc1-c1ccccc1C. The van der Waals surface area contributed by atoms with Crippen LogP contribution in [0.15, 0.2) is 42.5 Å².